The van der Waals surface area contributed by atoms with Crippen LogP contribution in [0, 0.1) is 6.92 Å². The second-order valence-electron chi connectivity index (χ2n) is 6.47. The maximum absolute atomic E-state index is 12.7. The normalized spacial score (nSPS) is 13.0. The maximum Gasteiger partial charge on any atom is 0.266 e. The van der Waals surface area contributed by atoms with E-state index in [1.807, 2.05) is 0 Å². The van der Waals surface area contributed by atoms with Gasteiger partial charge < -0.3 is 20.1 Å². The van der Waals surface area contributed by atoms with E-state index in [2.05, 4.69) is 15.6 Å². The van der Waals surface area contributed by atoms with Crippen molar-refractivity contribution in [3.63, 3.8) is 0 Å². The molecule has 2 N–H and O–H groups in total. The smallest absolute Gasteiger partial charge is 0.266 e. The predicted molar refractivity (Wildman–Crippen MR) is 102 cm³/mol. The number of amides is 2. The molecule has 0 unspecified atom stereocenters. The molecule has 0 radical (unpaired) electrons. The number of aromatic nitrogens is 2. The second-order valence-corrected chi connectivity index (χ2v) is 6.47. The number of carbonyl (C=O) groups excluding carboxylic acids is 2. The third-order valence-corrected chi connectivity index (χ3v) is 4.39. The molecule has 1 aliphatic rings. The molecule has 1 saturated carbocycles. The van der Waals surface area contributed by atoms with Crippen molar-refractivity contribution in [2.75, 3.05) is 19.5 Å². The van der Waals surface area contributed by atoms with E-state index in [0.717, 1.165) is 12.8 Å². The molecule has 2 aromatic rings. The van der Waals surface area contributed by atoms with Gasteiger partial charge in [0.05, 0.1) is 19.9 Å². The molecule has 0 spiro atoms. The second kappa shape index (κ2) is 8.12. The van der Waals surface area contributed by atoms with E-state index in [0.29, 0.717) is 23.0 Å². The first-order chi connectivity index (χ1) is 13.4. The Morgan fingerprint density at radius 3 is 2.64 bits per heavy atom. The lowest BCUT2D eigenvalue weighted by Gasteiger charge is -2.14. The largest absolute Gasteiger partial charge is 0.497 e. The molecule has 1 fully saturated rings. The summed E-state index contributed by atoms with van der Waals surface area (Å²) in [5, 5.41) is 5.45. The highest BCUT2D eigenvalue weighted by atomic mass is 16.5. The summed E-state index contributed by atoms with van der Waals surface area (Å²) in [5.41, 5.74) is -0.226. The molecule has 3 rings (SSSR count). The van der Waals surface area contributed by atoms with Crippen LogP contribution in [0.1, 0.15) is 29.0 Å². The number of hydrogen-bond acceptors (Lipinski definition) is 6. The number of ether oxygens (including phenoxy) is 2. The van der Waals surface area contributed by atoms with E-state index >= 15 is 0 Å². The van der Waals surface area contributed by atoms with Crippen LogP contribution >= 0.6 is 0 Å². The monoisotopic (exact) mass is 386 g/mol. The molecule has 1 aliphatic carbocycles. The minimum Gasteiger partial charge on any atom is -0.497 e. The van der Waals surface area contributed by atoms with Crippen LogP contribution in [-0.4, -0.2) is 41.6 Å². The summed E-state index contributed by atoms with van der Waals surface area (Å²) >= 11 is 0. The van der Waals surface area contributed by atoms with Crippen molar-refractivity contribution in [2.45, 2.75) is 32.4 Å². The van der Waals surface area contributed by atoms with E-state index in [-0.39, 0.29) is 18.2 Å². The van der Waals surface area contributed by atoms with Gasteiger partial charge in [0.1, 0.15) is 29.4 Å². The van der Waals surface area contributed by atoms with Crippen LogP contribution in [0.15, 0.2) is 29.2 Å². The van der Waals surface area contributed by atoms with Crippen molar-refractivity contribution < 1.29 is 19.1 Å². The average Bonchev–Trinajstić information content (AvgIpc) is 3.48. The lowest BCUT2D eigenvalue weighted by molar-refractivity contribution is -0.116. The number of aryl methyl sites for hydroxylation is 1. The number of hydrogen-bond donors (Lipinski definition) is 2. The van der Waals surface area contributed by atoms with E-state index in [1.165, 1.54) is 25.0 Å². The van der Waals surface area contributed by atoms with Crippen LogP contribution in [-0.2, 0) is 11.3 Å². The first kappa shape index (κ1) is 19.4. The number of nitrogens with one attached hydrogen (secondary N) is 2. The van der Waals surface area contributed by atoms with Crippen LogP contribution in [0.4, 0.5) is 5.69 Å². The highest BCUT2D eigenvalue weighted by molar-refractivity contribution is 5.94. The molecule has 2 amide bonds. The fraction of sp³-hybridized carbons (Fsp3) is 0.368. The van der Waals surface area contributed by atoms with Gasteiger partial charge in [-0.2, -0.15) is 0 Å². The van der Waals surface area contributed by atoms with Crippen LogP contribution in [0.25, 0.3) is 0 Å². The van der Waals surface area contributed by atoms with E-state index < -0.39 is 17.4 Å². The van der Waals surface area contributed by atoms with Gasteiger partial charge in [0.25, 0.3) is 11.5 Å². The van der Waals surface area contributed by atoms with Crippen molar-refractivity contribution in [1.29, 1.82) is 0 Å². The van der Waals surface area contributed by atoms with Crippen molar-refractivity contribution in [3.8, 4) is 11.5 Å². The standard InChI is InChI=1S/C19H22N4O5/c1-11-20-9-14(18(25)21-12-4-5-12)19(26)23(11)10-17(24)22-15-8-13(27-2)6-7-16(15)28-3/h6-9,12H,4-5,10H2,1-3H3,(H,21,25)(H,22,24). The number of carbonyl (C=O) groups is 2. The third kappa shape index (κ3) is 4.30. The number of benzene rings is 1. The fourth-order valence-corrected chi connectivity index (χ4v) is 2.65. The molecule has 0 bridgehead atoms. The molecule has 0 atom stereocenters. The molecule has 1 aromatic heterocycles. The van der Waals surface area contributed by atoms with E-state index in [4.69, 9.17) is 9.47 Å². The van der Waals surface area contributed by atoms with Gasteiger partial charge in [-0.05, 0) is 31.9 Å². The van der Waals surface area contributed by atoms with Gasteiger partial charge in [-0.25, -0.2) is 4.98 Å². The van der Waals surface area contributed by atoms with Gasteiger partial charge in [0.15, 0.2) is 0 Å². The highest BCUT2D eigenvalue weighted by Gasteiger charge is 2.26. The Hall–Kier alpha value is -3.36. The lowest BCUT2D eigenvalue weighted by Crippen LogP contribution is -2.37. The van der Waals surface area contributed by atoms with Gasteiger partial charge in [0.2, 0.25) is 5.91 Å². The molecule has 0 aliphatic heterocycles. The Balaban J connectivity index is 1.80. The molecule has 9 heteroatoms. The van der Waals surface area contributed by atoms with Crippen LogP contribution in [0.5, 0.6) is 11.5 Å². The minimum absolute atomic E-state index is 0.0794. The zero-order chi connectivity index (χ0) is 20.3. The molecular weight excluding hydrogens is 364 g/mol. The maximum atomic E-state index is 12.7. The number of nitrogens with zero attached hydrogens (tertiary/aromatic N) is 2. The summed E-state index contributed by atoms with van der Waals surface area (Å²) in [7, 11) is 3.00. The summed E-state index contributed by atoms with van der Waals surface area (Å²) in [6.07, 6.45) is 3.06. The summed E-state index contributed by atoms with van der Waals surface area (Å²) in [6, 6.07) is 5.10. The van der Waals surface area contributed by atoms with Crippen LogP contribution in [0.2, 0.25) is 0 Å². The first-order valence-electron chi connectivity index (χ1n) is 8.82. The zero-order valence-electron chi connectivity index (χ0n) is 15.9. The molecule has 9 nitrogen and oxygen atoms in total. The Morgan fingerprint density at radius 2 is 2.00 bits per heavy atom. The first-order valence-corrected chi connectivity index (χ1v) is 8.82. The Bertz CT molecular complexity index is 965. The van der Waals surface area contributed by atoms with Crippen molar-refractivity contribution in [1.82, 2.24) is 14.9 Å². The minimum atomic E-state index is -0.557. The molecule has 1 heterocycles. The summed E-state index contributed by atoms with van der Waals surface area (Å²) in [4.78, 5) is 41.5. The van der Waals surface area contributed by atoms with Crippen molar-refractivity contribution >= 4 is 17.5 Å². The molecule has 0 saturated heterocycles. The lowest BCUT2D eigenvalue weighted by atomic mass is 10.2. The quantitative estimate of drug-likeness (QED) is 0.737. The predicted octanol–water partition coefficient (Wildman–Crippen LogP) is 1.10. The van der Waals surface area contributed by atoms with Gasteiger partial charge in [-0.15, -0.1) is 0 Å². The summed E-state index contributed by atoms with van der Waals surface area (Å²) in [6.45, 7) is 1.31. The van der Waals surface area contributed by atoms with Gasteiger partial charge >= 0.3 is 0 Å². The summed E-state index contributed by atoms with van der Waals surface area (Å²) in [5.74, 6) is 0.404. The van der Waals surface area contributed by atoms with Crippen molar-refractivity contribution in [2.24, 2.45) is 0 Å². The SMILES string of the molecule is COc1ccc(OC)c(NC(=O)Cn2c(C)ncc(C(=O)NC3CC3)c2=O)c1. The highest BCUT2D eigenvalue weighted by Crippen LogP contribution is 2.28. The van der Waals surface area contributed by atoms with Crippen LogP contribution < -0.4 is 25.7 Å². The number of methoxy groups -OCH3 is 2. The number of anilines is 1. The fourth-order valence-electron chi connectivity index (χ4n) is 2.65. The summed E-state index contributed by atoms with van der Waals surface area (Å²) < 4.78 is 11.6. The molecule has 28 heavy (non-hydrogen) atoms. The van der Waals surface area contributed by atoms with E-state index in [9.17, 15) is 14.4 Å². The molecular formula is C19H22N4O5. The number of rotatable bonds is 7. The zero-order valence-corrected chi connectivity index (χ0v) is 15.9. The van der Waals surface area contributed by atoms with Gasteiger partial charge in [-0.3, -0.25) is 19.0 Å². The molecule has 148 valence electrons. The van der Waals surface area contributed by atoms with Crippen molar-refractivity contribution in [3.05, 3.63) is 46.1 Å². The van der Waals surface area contributed by atoms with Gasteiger partial charge in [-0.1, -0.05) is 0 Å². The molecule has 1 aromatic carbocycles. The Morgan fingerprint density at radius 1 is 1.25 bits per heavy atom. The van der Waals surface area contributed by atoms with Gasteiger partial charge in [0, 0.05) is 18.3 Å². The third-order valence-electron chi connectivity index (χ3n) is 4.39. The Labute approximate surface area is 161 Å². The van der Waals surface area contributed by atoms with E-state index in [1.54, 1.807) is 25.1 Å². The topological polar surface area (TPSA) is 112 Å². The Kier molecular flexibility index (Phi) is 5.62. The average molecular weight is 386 g/mol. The van der Waals surface area contributed by atoms with Crippen LogP contribution in [0.3, 0.4) is 0 Å².